The fourth-order valence-electron chi connectivity index (χ4n) is 1.93. The Labute approximate surface area is 121 Å². The molecule has 0 aromatic carbocycles. The van der Waals surface area contributed by atoms with Crippen LogP contribution >= 0.6 is 0 Å². The van der Waals surface area contributed by atoms with Crippen molar-refractivity contribution in [2.45, 2.75) is 33.6 Å². The molecule has 4 nitrogen and oxygen atoms in total. The van der Waals surface area contributed by atoms with Crippen molar-refractivity contribution in [1.82, 2.24) is 10.3 Å². The third-order valence-corrected chi connectivity index (χ3v) is 2.86. The van der Waals surface area contributed by atoms with Gasteiger partial charge in [0.1, 0.15) is 0 Å². The fourth-order valence-corrected chi connectivity index (χ4v) is 1.93. The molecule has 1 amide bonds. The Hall–Kier alpha value is -1.84. The van der Waals surface area contributed by atoms with E-state index in [1.54, 1.807) is 0 Å². The Morgan fingerprint density at radius 3 is 2.90 bits per heavy atom. The highest BCUT2D eigenvalue weighted by molar-refractivity contribution is 5.78. The molecule has 1 heterocycles. The number of allylic oxidation sites excluding steroid dienone is 1. The molecule has 0 spiro atoms. The van der Waals surface area contributed by atoms with Gasteiger partial charge in [0.15, 0.2) is 0 Å². The quantitative estimate of drug-likeness (QED) is 0.743. The van der Waals surface area contributed by atoms with E-state index in [2.05, 4.69) is 16.9 Å². The number of rotatable bonds is 8. The van der Waals surface area contributed by atoms with Gasteiger partial charge >= 0.3 is 0 Å². The van der Waals surface area contributed by atoms with Crippen LogP contribution < -0.4 is 10.1 Å². The molecule has 0 fully saturated rings. The predicted octanol–water partition coefficient (Wildman–Crippen LogP) is 2.74. The zero-order chi connectivity index (χ0) is 15.0. The number of hydrogen-bond donors (Lipinski definition) is 1. The van der Waals surface area contributed by atoms with Gasteiger partial charge in [-0.1, -0.05) is 18.6 Å². The third kappa shape index (κ3) is 5.87. The Bertz CT molecular complexity index is 458. The summed E-state index contributed by atoms with van der Waals surface area (Å²) in [6.45, 7) is 10.8. The second-order valence-corrected chi connectivity index (χ2v) is 5.00. The number of ether oxygens (including phenoxy) is 1. The molecule has 1 aromatic rings. The Balaban J connectivity index is 2.38. The molecule has 0 bridgehead atoms. The molecular weight excluding hydrogens is 252 g/mol. The van der Waals surface area contributed by atoms with Crippen molar-refractivity contribution >= 4 is 5.91 Å². The lowest BCUT2D eigenvalue weighted by atomic mass is 10.0. The van der Waals surface area contributed by atoms with Gasteiger partial charge in [0, 0.05) is 30.6 Å². The molecule has 1 N–H and O–H groups in total. The van der Waals surface area contributed by atoms with Crippen molar-refractivity contribution in [1.29, 1.82) is 0 Å². The summed E-state index contributed by atoms with van der Waals surface area (Å²) in [5.41, 5.74) is 1.95. The van der Waals surface area contributed by atoms with Crippen molar-refractivity contribution in [2.75, 3.05) is 13.2 Å². The minimum absolute atomic E-state index is 0.0322. The predicted molar refractivity (Wildman–Crippen MR) is 80.7 cm³/mol. The number of pyridine rings is 1. The van der Waals surface area contributed by atoms with E-state index in [1.807, 2.05) is 39.0 Å². The minimum atomic E-state index is -0.0322. The van der Waals surface area contributed by atoms with E-state index < -0.39 is 0 Å². The molecule has 0 aliphatic heterocycles. The van der Waals surface area contributed by atoms with Crippen LogP contribution in [0.25, 0.3) is 0 Å². The van der Waals surface area contributed by atoms with Gasteiger partial charge in [-0.3, -0.25) is 4.79 Å². The van der Waals surface area contributed by atoms with Crippen molar-refractivity contribution in [3.05, 3.63) is 36.0 Å². The molecule has 1 atom stereocenters. The first-order valence-corrected chi connectivity index (χ1v) is 7.03. The number of amides is 1. The van der Waals surface area contributed by atoms with Crippen LogP contribution in [0.2, 0.25) is 0 Å². The Morgan fingerprint density at radius 1 is 1.50 bits per heavy atom. The highest BCUT2D eigenvalue weighted by atomic mass is 16.5. The summed E-state index contributed by atoms with van der Waals surface area (Å²) in [6, 6.07) is 5.69. The average Bonchev–Trinajstić information content (AvgIpc) is 2.38. The summed E-state index contributed by atoms with van der Waals surface area (Å²) >= 11 is 0. The molecular formula is C16H24N2O2. The number of carbonyl (C=O) groups is 1. The summed E-state index contributed by atoms with van der Waals surface area (Å²) in [6.07, 6.45) is 1.43. The van der Waals surface area contributed by atoms with Crippen molar-refractivity contribution in [3.63, 3.8) is 0 Å². The van der Waals surface area contributed by atoms with Crippen molar-refractivity contribution < 1.29 is 9.53 Å². The first-order valence-electron chi connectivity index (χ1n) is 7.03. The van der Waals surface area contributed by atoms with Gasteiger partial charge in [-0.25, -0.2) is 4.98 Å². The average molecular weight is 276 g/mol. The Morgan fingerprint density at radius 2 is 2.25 bits per heavy atom. The van der Waals surface area contributed by atoms with E-state index in [1.165, 1.54) is 0 Å². The van der Waals surface area contributed by atoms with Gasteiger partial charge in [0.25, 0.3) is 0 Å². The summed E-state index contributed by atoms with van der Waals surface area (Å²) < 4.78 is 5.35. The zero-order valence-electron chi connectivity index (χ0n) is 12.6. The van der Waals surface area contributed by atoms with Gasteiger partial charge in [-0.05, 0) is 26.3 Å². The van der Waals surface area contributed by atoms with Crippen LogP contribution in [0, 0.1) is 5.92 Å². The van der Waals surface area contributed by atoms with Crippen LogP contribution in [0.15, 0.2) is 30.4 Å². The number of hydrogen-bond acceptors (Lipinski definition) is 3. The number of nitrogens with zero attached hydrogens (tertiary/aromatic N) is 1. The molecule has 0 aliphatic rings. The fraction of sp³-hybridized carbons (Fsp3) is 0.500. The van der Waals surface area contributed by atoms with Crippen molar-refractivity contribution in [3.8, 4) is 5.88 Å². The smallest absolute Gasteiger partial charge is 0.223 e. The topological polar surface area (TPSA) is 51.2 Å². The summed E-state index contributed by atoms with van der Waals surface area (Å²) in [4.78, 5) is 16.2. The second kappa shape index (κ2) is 8.35. The molecule has 1 rings (SSSR count). The van der Waals surface area contributed by atoms with Gasteiger partial charge in [-0.2, -0.15) is 0 Å². The lowest BCUT2D eigenvalue weighted by Gasteiger charge is -2.12. The highest BCUT2D eigenvalue weighted by Crippen LogP contribution is 2.09. The number of carbonyl (C=O) groups excluding carboxylic acids is 1. The largest absolute Gasteiger partial charge is 0.478 e. The lowest BCUT2D eigenvalue weighted by molar-refractivity contribution is -0.124. The normalized spacial score (nSPS) is 11.8. The SMILES string of the molecule is C=C(C)CC(C)C(=O)NCCc1cccc(OCC)n1. The van der Waals surface area contributed by atoms with Crippen LogP contribution in [-0.4, -0.2) is 24.0 Å². The summed E-state index contributed by atoms with van der Waals surface area (Å²) in [5.74, 6) is 0.663. The number of aromatic nitrogens is 1. The lowest BCUT2D eigenvalue weighted by Crippen LogP contribution is -2.31. The molecule has 0 aliphatic carbocycles. The van der Waals surface area contributed by atoms with E-state index in [-0.39, 0.29) is 11.8 Å². The zero-order valence-corrected chi connectivity index (χ0v) is 12.6. The van der Waals surface area contributed by atoms with Crippen LogP contribution in [0.3, 0.4) is 0 Å². The summed E-state index contributed by atoms with van der Waals surface area (Å²) in [7, 11) is 0. The molecule has 0 saturated carbocycles. The first-order chi connectivity index (χ1) is 9.52. The standard InChI is InChI=1S/C16H24N2O2/c1-5-20-15-8-6-7-14(18-15)9-10-17-16(19)13(4)11-12(2)3/h6-8,13H,2,5,9-11H2,1,3-4H3,(H,17,19). The molecule has 110 valence electrons. The van der Waals surface area contributed by atoms with E-state index in [9.17, 15) is 4.79 Å². The van der Waals surface area contributed by atoms with Gasteiger partial charge in [0.05, 0.1) is 6.61 Å². The number of nitrogens with one attached hydrogen (secondary N) is 1. The molecule has 4 heteroatoms. The Kier molecular flexibility index (Phi) is 6.77. The molecule has 20 heavy (non-hydrogen) atoms. The molecule has 0 radical (unpaired) electrons. The van der Waals surface area contributed by atoms with Crippen LogP contribution in [0.1, 0.15) is 32.9 Å². The maximum atomic E-state index is 11.8. The monoisotopic (exact) mass is 276 g/mol. The first kappa shape index (κ1) is 16.2. The van der Waals surface area contributed by atoms with Crippen LogP contribution in [0.5, 0.6) is 5.88 Å². The maximum Gasteiger partial charge on any atom is 0.223 e. The maximum absolute atomic E-state index is 11.8. The molecule has 1 aromatic heterocycles. The van der Waals surface area contributed by atoms with Gasteiger partial charge in [0.2, 0.25) is 11.8 Å². The van der Waals surface area contributed by atoms with E-state index in [4.69, 9.17) is 4.74 Å². The van der Waals surface area contributed by atoms with E-state index in [0.29, 0.717) is 25.5 Å². The van der Waals surface area contributed by atoms with Gasteiger partial charge < -0.3 is 10.1 Å². The second-order valence-electron chi connectivity index (χ2n) is 5.00. The van der Waals surface area contributed by atoms with E-state index >= 15 is 0 Å². The summed E-state index contributed by atoms with van der Waals surface area (Å²) in [5, 5.41) is 2.93. The molecule has 1 unspecified atom stereocenters. The van der Waals surface area contributed by atoms with Gasteiger partial charge in [-0.15, -0.1) is 6.58 Å². The van der Waals surface area contributed by atoms with Crippen molar-refractivity contribution in [2.24, 2.45) is 5.92 Å². The van der Waals surface area contributed by atoms with E-state index in [0.717, 1.165) is 17.7 Å². The van der Waals surface area contributed by atoms with Crippen LogP contribution in [0.4, 0.5) is 0 Å². The highest BCUT2D eigenvalue weighted by Gasteiger charge is 2.12. The third-order valence-electron chi connectivity index (χ3n) is 2.86. The molecule has 0 saturated heterocycles. The minimum Gasteiger partial charge on any atom is -0.478 e. The van der Waals surface area contributed by atoms with Crippen LogP contribution in [-0.2, 0) is 11.2 Å².